The number of ether oxygens (including phenoxy) is 1. The molecule has 0 heterocycles. The Morgan fingerprint density at radius 1 is 1.26 bits per heavy atom. The van der Waals surface area contributed by atoms with E-state index in [2.05, 4.69) is 0 Å². The number of anilines is 1. The van der Waals surface area contributed by atoms with Crippen LogP contribution in [0.3, 0.4) is 0 Å². The molecule has 0 spiro atoms. The average molecular weight is 267 g/mol. The highest BCUT2D eigenvalue weighted by Crippen LogP contribution is 2.15. The first-order valence-corrected chi connectivity index (χ1v) is 6.45. The van der Waals surface area contributed by atoms with E-state index >= 15 is 0 Å². The van der Waals surface area contributed by atoms with E-state index in [1.54, 1.807) is 19.1 Å². The molecule has 1 amide bonds. The second-order valence-electron chi connectivity index (χ2n) is 3.99. The lowest BCUT2D eigenvalue weighted by molar-refractivity contribution is -0.127. The predicted molar refractivity (Wildman–Crippen MR) is 72.7 cm³/mol. The van der Waals surface area contributed by atoms with Crippen molar-refractivity contribution in [2.45, 2.75) is 26.4 Å². The second-order valence-corrected chi connectivity index (χ2v) is 3.99. The number of amides is 1. The molecule has 0 aliphatic rings. The highest BCUT2D eigenvalue weighted by molar-refractivity contribution is 5.91. The van der Waals surface area contributed by atoms with Gasteiger partial charge in [0.1, 0.15) is 12.7 Å². The zero-order chi connectivity index (χ0) is 14.1. The number of hydrogen-bond donors (Lipinski definition) is 1. The fraction of sp³-hybridized carbons (Fsp3) is 0.500. The van der Waals surface area contributed by atoms with Crippen LogP contribution >= 0.6 is 0 Å². The van der Waals surface area contributed by atoms with Gasteiger partial charge in [0, 0.05) is 13.0 Å². The minimum absolute atomic E-state index is 0.0145. The van der Waals surface area contributed by atoms with Crippen molar-refractivity contribution < 1.29 is 19.5 Å². The Morgan fingerprint density at radius 3 is 2.53 bits per heavy atom. The predicted octanol–water partition coefficient (Wildman–Crippen LogP) is 1.76. The van der Waals surface area contributed by atoms with Gasteiger partial charge in [-0.2, -0.15) is 5.06 Å². The van der Waals surface area contributed by atoms with E-state index in [1.807, 2.05) is 25.1 Å². The maximum atomic E-state index is 11.8. The number of aliphatic hydroxyl groups excluding tert-OH is 1. The van der Waals surface area contributed by atoms with E-state index in [-0.39, 0.29) is 19.1 Å². The molecule has 0 fully saturated rings. The summed E-state index contributed by atoms with van der Waals surface area (Å²) in [5, 5.41) is 10.9. The van der Waals surface area contributed by atoms with Gasteiger partial charge in [0.25, 0.3) is 5.91 Å². The maximum Gasteiger partial charge on any atom is 0.250 e. The second kappa shape index (κ2) is 8.63. The number of hydrogen-bond acceptors (Lipinski definition) is 4. The third kappa shape index (κ3) is 5.38. The Labute approximate surface area is 113 Å². The molecule has 0 aliphatic carbocycles. The molecular formula is C14H21NO4. The van der Waals surface area contributed by atoms with E-state index in [0.717, 1.165) is 0 Å². The number of aliphatic hydroxyl groups is 1. The lowest BCUT2D eigenvalue weighted by Gasteiger charge is -2.22. The Bertz CT molecular complexity index is 369. The summed E-state index contributed by atoms with van der Waals surface area (Å²) < 4.78 is 5.09. The van der Waals surface area contributed by atoms with Crippen molar-refractivity contribution in [3.63, 3.8) is 0 Å². The van der Waals surface area contributed by atoms with Crippen LogP contribution in [0, 0.1) is 0 Å². The minimum Gasteiger partial charge on any atom is -0.388 e. The fourth-order valence-electron chi connectivity index (χ4n) is 1.46. The number of benzene rings is 1. The Morgan fingerprint density at radius 2 is 1.95 bits per heavy atom. The molecule has 1 unspecified atom stereocenters. The number of hydroxylamine groups is 1. The molecule has 5 heteroatoms. The summed E-state index contributed by atoms with van der Waals surface area (Å²) in [5.41, 5.74) is 0.651. The molecule has 0 aromatic heterocycles. The lowest BCUT2D eigenvalue weighted by Crippen LogP contribution is -2.34. The fourth-order valence-corrected chi connectivity index (χ4v) is 1.46. The van der Waals surface area contributed by atoms with Gasteiger partial charge in [0.05, 0.1) is 12.3 Å². The molecule has 1 N–H and O–H groups in total. The third-order valence-electron chi connectivity index (χ3n) is 2.43. The normalized spacial score (nSPS) is 12.2. The van der Waals surface area contributed by atoms with E-state index < -0.39 is 6.10 Å². The average Bonchev–Trinajstić information content (AvgIpc) is 2.46. The van der Waals surface area contributed by atoms with Crippen LogP contribution in [0.2, 0.25) is 0 Å². The molecule has 0 bridgehead atoms. The molecule has 0 aliphatic heterocycles. The monoisotopic (exact) mass is 267 g/mol. The molecule has 5 nitrogen and oxygen atoms in total. The Kier molecular flexibility index (Phi) is 7.10. The highest BCUT2D eigenvalue weighted by atomic mass is 16.7. The van der Waals surface area contributed by atoms with Gasteiger partial charge in [0.15, 0.2) is 0 Å². The summed E-state index contributed by atoms with van der Waals surface area (Å²) in [4.78, 5) is 17.2. The molecule has 0 saturated heterocycles. The van der Waals surface area contributed by atoms with Crippen molar-refractivity contribution in [1.29, 1.82) is 0 Å². The summed E-state index contributed by atoms with van der Waals surface area (Å²) >= 11 is 0. The zero-order valence-electron chi connectivity index (χ0n) is 11.4. The maximum absolute atomic E-state index is 11.8. The van der Waals surface area contributed by atoms with E-state index in [0.29, 0.717) is 18.7 Å². The number of rotatable bonds is 8. The van der Waals surface area contributed by atoms with E-state index in [9.17, 15) is 9.90 Å². The molecule has 1 rings (SSSR count). The van der Waals surface area contributed by atoms with Crippen LogP contribution in [-0.2, 0) is 14.4 Å². The van der Waals surface area contributed by atoms with Crippen molar-refractivity contribution in [2.24, 2.45) is 0 Å². The summed E-state index contributed by atoms with van der Waals surface area (Å²) in [6, 6.07) is 9.07. The minimum atomic E-state index is -0.754. The van der Waals surface area contributed by atoms with E-state index in [4.69, 9.17) is 9.57 Å². The molecule has 1 atom stereocenters. The lowest BCUT2D eigenvalue weighted by atomic mass is 10.3. The first kappa shape index (κ1) is 15.6. The van der Waals surface area contributed by atoms with Crippen LogP contribution in [0.15, 0.2) is 30.3 Å². The third-order valence-corrected chi connectivity index (χ3v) is 2.43. The van der Waals surface area contributed by atoms with Crippen LogP contribution in [0.5, 0.6) is 0 Å². The molecular weight excluding hydrogens is 246 g/mol. The van der Waals surface area contributed by atoms with Crippen molar-refractivity contribution in [3.8, 4) is 0 Å². The van der Waals surface area contributed by atoms with Gasteiger partial charge in [-0.15, -0.1) is 0 Å². The summed E-state index contributed by atoms with van der Waals surface area (Å²) in [7, 11) is 0. The van der Waals surface area contributed by atoms with Gasteiger partial charge >= 0.3 is 0 Å². The highest BCUT2D eigenvalue weighted by Gasteiger charge is 2.16. The van der Waals surface area contributed by atoms with Crippen LogP contribution in [0.1, 0.15) is 20.3 Å². The van der Waals surface area contributed by atoms with Gasteiger partial charge in [-0.1, -0.05) is 25.1 Å². The molecule has 0 saturated carbocycles. The van der Waals surface area contributed by atoms with Crippen molar-refractivity contribution in [2.75, 3.05) is 24.9 Å². The molecule has 1 aromatic rings. The zero-order valence-corrected chi connectivity index (χ0v) is 11.4. The van der Waals surface area contributed by atoms with Crippen LogP contribution in [0.25, 0.3) is 0 Å². The summed E-state index contributed by atoms with van der Waals surface area (Å²) in [6.45, 7) is 4.36. The largest absolute Gasteiger partial charge is 0.388 e. The van der Waals surface area contributed by atoms with Crippen molar-refractivity contribution in [1.82, 2.24) is 0 Å². The van der Waals surface area contributed by atoms with Crippen LogP contribution in [-0.4, -0.2) is 36.9 Å². The summed E-state index contributed by atoms with van der Waals surface area (Å²) in [6.07, 6.45) is -0.424. The van der Waals surface area contributed by atoms with Gasteiger partial charge in [-0.3, -0.25) is 9.63 Å². The summed E-state index contributed by atoms with van der Waals surface area (Å²) in [5.74, 6) is -0.158. The first-order valence-electron chi connectivity index (χ1n) is 6.45. The van der Waals surface area contributed by atoms with E-state index in [1.165, 1.54) is 5.06 Å². The van der Waals surface area contributed by atoms with Gasteiger partial charge in [-0.05, 0) is 19.1 Å². The van der Waals surface area contributed by atoms with Crippen molar-refractivity contribution in [3.05, 3.63) is 30.3 Å². The van der Waals surface area contributed by atoms with Gasteiger partial charge in [-0.25, -0.2) is 0 Å². The van der Waals surface area contributed by atoms with Gasteiger partial charge < -0.3 is 9.84 Å². The van der Waals surface area contributed by atoms with Crippen molar-refractivity contribution >= 4 is 11.6 Å². The number of para-hydroxylation sites is 1. The molecule has 1 aromatic carbocycles. The number of carbonyl (C=O) groups is 1. The topological polar surface area (TPSA) is 59.0 Å². The van der Waals surface area contributed by atoms with Crippen LogP contribution in [0.4, 0.5) is 5.69 Å². The quantitative estimate of drug-likeness (QED) is 0.729. The standard InChI is InChI=1S/C14H21NO4/c1-3-14(17)15(12-8-6-5-7-9-12)19-11-13(16)10-18-4-2/h5-9,13,16H,3-4,10-11H2,1-2H3. The molecule has 106 valence electrons. The molecule has 19 heavy (non-hydrogen) atoms. The Hall–Kier alpha value is -1.43. The van der Waals surface area contributed by atoms with Crippen LogP contribution < -0.4 is 5.06 Å². The first-order chi connectivity index (χ1) is 9.19. The SMILES string of the molecule is CCOCC(O)CON(C(=O)CC)c1ccccc1. The number of nitrogens with zero attached hydrogens (tertiary/aromatic N) is 1. The number of carbonyl (C=O) groups excluding carboxylic acids is 1. The smallest absolute Gasteiger partial charge is 0.250 e. The molecule has 0 radical (unpaired) electrons. The van der Waals surface area contributed by atoms with Gasteiger partial charge in [0.2, 0.25) is 0 Å². The Balaban J connectivity index is 2.59.